The molecule has 210 valence electrons. The zero-order valence-corrected chi connectivity index (χ0v) is 22.3. The molecule has 4 N–H and O–H groups in total. The molecular formula is C26H27FN6O6S. The summed E-state index contributed by atoms with van der Waals surface area (Å²) < 4.78 is 47.0. The molecule has 0 saturated carbocycles. The Labute approximate surface area is 229 Å². The summed E-state index contributed by atoms with van der Waals surface area (Å²) in [7, 11) is -2.54. The van der Waals surface area contributed by atoms with Crippen molar-refractivity contribution in [2.24, 2.45) is 0 Å². The van der Waals surface area contributed by atoms with E-state index in [1.54, 1.807) is 6.07 Å². The van der Waals surface area contributed by atoms with Crippen LogP contribution in [0.25, 0.3) is 0 Å². The summed E-state index contributed by atoms with van der Waals surface area (Å²) in [6.45, 7) is 3.67. The van der Waals surface area contributed by atoms with Crippen molar-refractivity contribution in [3.05, 3.63) is 78.4 Å². The fourth-order valence-corrected chi connectivity index (χ4v) is 5.72. The van der Waals surface area contributed by atoms with E-state index in [9.17, 15) is 27.2 Å². The van der Waals surface area contributed by atoms with E-state index in [4.69, 9.17) is 4.74 Å². The van der Waals surface area contributed by atoms with Crippen LogP contribution in [0.15, 0.2) is 66.2 Å². The average molecular weight is 571 g/mol. The predicted molar refractivity (Wildman–Crippen MR) is 144 cm³/mol. The minimum atomic E-state index is -3.84. The lowest BCUT2D eigenvalue weighted by Crippen LogP contribution is -2.46. The second kappa shape index (κ2) is 12.1. The van der Waals surface area contributed by atoms with Crippen molar-refractivity contribution in [1.82, 2.24) is 19.8 Å². The van der Waals surface area contributed by atoms with Crippen LogP contribution in [0.3, 0.4) is 0 Å². The molecule has 0 spiro atoms. The van der Waals surface area contributed by atoms with Crippen molar-refractivity contribution in [2.75, 3.05) is 30.8 Å². The first-order valence-corrected chi connectivity index (χ1v) is 13.6. The number of carbonyl (C=O) groups is 3. The van der Waals surface area contributed by atoms with Gasteiger partial charge in [-0.1, -0.05) is 18.7 Å². The lowest BCUT2D eigenvalue weighted by Gasteiger charge is -2.31. The van der Waals surface area contributed by atoms with Gasteiger partial charge in [-0.2, -0.15) is 9.40 Å². The van der Waals surface area contributed by atoms with Crippen LogP contribution in [0, 0.1) is 5.82 Å². The van der Waals surface area contributed by atoms with Gasteiger partial charge in [0, 0.05) is 31.0 Å². The number of rotatable bonds is 9. The number of carbonyl (C=O) groups excluding carboxylic acids is 3. The molecule has 0 bridgehead atoms. The van der Waals surface area contributed by atoms with Crippen LogP contribution in [0.5, 0.6) is 5.75 Å². The second-order valence-corrected chi connectivity index (χ2v) is 10.7. The molecule has 1 saturated heterocycles. The van der Waals surface area contributed by atoms with Crippen LogP contribution < -0.4 is 20.7 Å². The van der Waals surface area contributed by atoms with E-state index >= 15 is 0 Å². The van der Waals surface area contributed by atoms with E-state index < -0.39 is 33.6 Å². The first kappa shape index (κ1) is 28.4. The largest absolute Gasteiger partial charge is 0.496 e. The molecule has 4 rings (SSSR count). The summed E-state index contributed by atoms with van der Waals surface area (Å²) in [6.07, 6.45) is 3.04. The third kappa shape index (κ3) is 6.18. The molecule has 2 aromatic carbocycles. The van der Waals surface area contributed by atoms with E-state index in [-0.39, 0.29) is 46.7 Å². The molecule has 0 unspecified atom stereocenters. The van der Waals surface area contributed by atoms with Crippen molar-refractivity contribution >= 4 is 39.1 Å². The van der Waals surface area contributed by atoms with Gasteiger partial charge in [-0.15, -0.1) is 0 Å². The van der Waals surface area contributed by atoms with Crippen LogP contribution >= 0.6 is 0 Å². The van der Waals surface area contributed by atoms with Gasteiger partial charge in [-0.25, -0.2) is 12.8 Å². The van der Waals surface area contributed by atoms with Gasteiger partial charge in [-0.05, 0) is 49.2 Å². The van der Waals surface area contributed by atoms with Gasteiger partial charge < -0.3 is 20.7 Å². The number of ether oxygens (including phenoxy) is 1. The van der Waals surface area contributed by atoms with E-state index in [1.807, 2.05) is 0 Å². The Kier molecular flexibility index (Phi) is 8.60. The summed E-state index contributed by atoms with van der Waals surface area (Å²) >= 11 is 0. The average Bonchev–Trinajstić information content (AvgIpc) is 3.41. The summed E-state index contributed by atoms with van der Waals surface area (Å²) in [6, 6.07) is 9.51. The number of anilines is 2. The molecule has 0 radical (unpaired) electrons. The van der Waals surface area contributed by atoms with Crippen LogP contribution in [0.1, 0.15) is 33.7 Å². The minimum Gasteiger partial charge on any atom is -0.496 e. The number of H-pyrrole nitrogens is 1. The quantitative estimate of drug-likeness (QED) is 0.287. The SMILES string of the molecule is C=CC(=O)Nc1cccc(S(=O)(=O)N2CCC(NC(=O)c3n[nH]cc3NC(=O)c3c(F)cccc3OC)CC2)c1. The Morgan fingerprint density at radius 1 is 1.12 bits per heavy atom. The number of methoxy groups -OCH3 is 1. The Hall–Kier alpha value is -4.56. The molecule has 1 aliphatic rings. The number of nitrogens with zero attached hydrogens (tertiary/aromatic N) is 2. The maximum Gasteiger partial charge on any atom is 0.274 e. The standard InChI is InChI=1S/C26H27FN6O6S/c1-3-22(34)29-17-6-4-7-18(14-17)40(37,38)33-12-10-16(11-13-33)30-26(36)24-20(15-28-32-24)31-25(35)23-19(27)8-5-9-21(23)39-2/h3-9,14-16H,1,10-13H2,2H3,(H,28,32)(H,29,34)(H,30,36)(H,31,35). The molecule has 1 fully saturated rings. The van der Waals surface area contributed by atoms with E-state index in [0.717, 1.165) is 12.1 Å². The number of piperidine rings is 1. The number of halogens is 1. The van der Waals surface area contributed by atoms with Crippen molar-refractivity contribution in [1.29, 1.82) is 0 Å². The number of amides is 3. The highest BCUT2D eigenvalue weighted by Crippen LogP contribution is 2.25. The van der Waals surface area contributed by atoms with Gasteiger partial charge in [-0.3, -0.25) is 19.5 Å². The molecule has 2 heterocycles. The third-order valence-electron chi connectivity index (χ3n) is 6.24. The number of hydrogen-bond donors (Lipinski definition) is 4. The van der Waals surface area contributed by atoms with Gasteiger partial charge in [0.1, 0.15) is 17.1 Å². The Morgan fingerprint density at radius 2 is 1.85 bits per heavy atom. The topological polar surface area (TPSA) is 163 Å². The maximum atomic E-state index is 14.3. The van der Waals surface area contributed by atoms with Crippen LogP contribution in [0.4, 0.5) is 15.8 Å². The normalized spacial score (nSPS) is 14.2. The fourth-order valence-electron chi connectivity index (χ4n) is 4.21. The van der Waals surface area contributed by atoms with Crippen LogP contribution in [0.2, 0.25) is 0 Å². The van der Waals surface area contributed by atoms with Gasteiger partial charge in [0.25, 0.3) is 11.8 Å². The summed E-state index contributed by atoms with van der Waals surface area (Å²) in [5.41, 5.74) is -0.0726. The Balaban J connectivity index is 1.38. The van der Waals surface area contributed by atoms with Crippen molar-refractivity contribution in [2.45, 2.75) is 23.8 Å². The molecule has 3 amide bonds. The molecule has 0 aliphatic carbocycles. The molecule has 40 heavy (non-hydrogen) atoms. The van der Waals surface area contributed by atoms with E-state index in [1.165, 1.54) is 47.9 Å². The second-order valence-electron chi connectivity index (χ2n) is 8.79. The number of aromatic amines is 1. The van der Waals surface area contributed by atoms with Crippen LogP contribution in [-0.4, -0.2) is 66.9 Å². The first-order valence-electron chi connectivity index (χ1n) is 12.2. The summed E-state index contributed by atoms with van der Waals surface area (Å²) in [4.78, 5) is 37.2. The Bertz CT molecular complexity index is 1550. The predicted octanol–water partition coefficient (Wildman–Crippen LogP) is 2.52. The van der Waals surface area contributed by atoms with Crippen LogP contribution in [-0.2, 0) is 14.8 Å². The van der Waals surface area contributed by atoms with Gasteiger partial charge in [0.15, 0.2) is 5.69 Å². The highest BCUT2D eigenvalue weighted by Gasteiger charge is 2.31. The van der Waals surface area contributed by atoms with E-state index in [0.29, 0.717) is 18.5 Å². The lowest BCUT2D eigenvalue weighted by atomic mass is 10.1. The number of hydrogen-bond acceptors (Lipinski definition) is 7. The number of aromatic nitrogens is 2. The molecule has 1 aliphatic heterocycles. The molecule has 0 atom stereocenters. The molecule has 3 aromatic rings. The summed E-state index contributed by atoms with van der Waals surface area (Å²) in [5.74, 6) is -2.64. The van der Waals surface area contributed by atoms with Gasteiger partial charge >= 0.3 is 0 Å². The van der Waals surface area contributed by atoms with Gasteiger partial charge in [0.05, 0.1) is 17.7 Å². The molecule has 1 aromatic heterocycles. The molecule has 12 nitrogen and oxygen atoms in total. The minimum absolute atomic E-state index is 0.0280. The number of sulfonamides is 1. The number of benzene rings is 2. The zero-order chi connectivity index (χ0) is 28.9. The Morgan fingerprint density at radius 3 is 2.55 bits per heavy atom. The van der Waals surface area contributed by atoms with Crippen molar-refractivity contribution in [3.63, 3.8) is 0 Å². The smallest absolute Gasteiger partial charge is 0.274 e. The number of nitrogens with one attached hydrogen (secondary N) is 4. The molecular weight excluding hydrogens is 543 g/mol. The van der Waals surface area contributed by atoms with Gasteiger partial charge in [0.2, 0.25) is 15.9 Å². The monoisotopic (exact) mass is 570 g/mol. The zero-order valence-electron chi connectivity index (χ0n) is 21.4. The maximum absolute atomic E-state index is 14.3. The van der Waals surface area contributed by atoms with Crippen molar-refractivity contribution < 1.29 is 31.9 Å². The lowest BCUT2D eigenvalue weighted by molar-refractivity contribution is -0.111. The summed E-state index contributed by atoms with van der Waals surface area (Å²) in [5, 5.41) is 14.2. The first-order chi connectivity index (χ1) is 19.1. The van der Waals surface area contributed by atoms with Crippen molar-refractivity contribution in [3.8, 4) is 5.75 Å². The van der Waals surface area contributed by atoms with E-state index in [2.05, 4.69) is 32.7 Å². The fraction of sp³-hybridized carbons (Fsp3) is 0.231. The highest BCUT2D eigenvalue weighted by molar-refractivity contribution is 7.89. The molecule has 14 heteroatoms. The highest BCUT2D eigenvalue weighted by atomic mass is 32.2. The third-order valence-corrected chi connectivity index (χ3v) is 8.13.